The van der Waals surface area contributed by atoms with Gasteiger partial charge in [0.05, 0.1) is 11.7 Å². The molecule has 1 atom stereocenters. The van der Waals surface area contributed by atoms with Gasteiger partial charge in [-0.15, -0.1) is 0 Å². The lowest BCUT2D eigenvalue weighted by atomic mass is 10.1. The smallest absolute Gasteiger partial charge is 0.315 e. The van der Waals surface area contributed by atoms with E-state index in [1.54, 1.807) is 4.90 Å². The molecule has 0 aromatic carbocycles. The highest BCUT2D eigenvalue weighted by Crippen LogP contribution is 2.20. The molecule has 130 valence electrons. The zero-order valence-corrected chi connectivity index (χ0v) is 15.1. The number of hydrogen-bond donors (Lipinski definition) is 2. The monoisotopic (exact) mass is 323 g/mol. The van der Waals surface area contributed by atoms with Gasteiger partial charge in [0, 0.05) is 44.4 Å². The van der Waals surface area contributed by atoms with Crippen LogP contribution >= 0.6 is 0 Å². The van der Waals surface area contributed by atoms with Gasteiger partial charge in [-0.3, -0.25) is 9.48 Å². The average molecular weight is 323 g/mol. The maximum Gasteiger partial charge on any atom is 0.315 e. The van der Waals surface area contributed by atoms with Crippen LogP contribution in [0.25, 0.3) is 0 Å². The van der Waals surface area contributed by atoms with Gasteiger partial charge < -0.3 is 15.5 Å². The van der Waals surface area contributed by atoms with Gasteiger partial charge in [0.15, 0.2) is 0 Å². The summed E-state index contributed by atoms with van der Waals surface area (Å²) in [6, 6.07) is -0.408. The largest absolute Gasteiger partial charge is 0.343 e. The van der Waals surface area contributed by atoms with Crippen molar-refractivity contribution in [1.29, 1.82) is 0 Å². The van der Waals surface area contributed by atoms with Crippen LogP contribution in [0.2, 0.25) is 0 Å². The fourth-order valence-corrected chi connectivity index (χ4v) is 2.75. The van der Waals surface area contributed by atoms with Crippen molar-refractivity contribution in [2.45, 2.75) is 47.1 Å². The number of rotatable bonds is 7. The summed E-state index contributed by atoms with van der Waals surface area (Å²) >= 11 is 0. The van der Waals surface area contributed by atoms with Crippen molar-refractivity contribution in [1.82, 2.24) is 25.3 Å². The average Bonchev–Trinajstić information content (AvgIpc) is 2.73. The first kappa shape index (κ1) is 19.0. The molecule has 0 aliphatic heterocycles. The van der Waals surface area contributed by atoms with Crippen LogP contribution in [0.1, 0.15) is 50.2 Å². The number of urea groups is 1. The molecule has 0 saturated carbocycles. The van der Waals surface area contributed by atoms with E-state index in [4.69, 9.17) is 0 Å². The molecular weight excluding hydrogens is 294 g/mol. The molecule has 1 aromatic heterocycles. The van der Waals surface area contributed by atoms with Crippen molar-refractivity contribution in [3.8, 4) is 0 Å². The predicted molar refractivity (Wildman–Crippen MR) is 90.2 cm³/mol. The quantitative estimate of drug-likeness (QED) is 0.801. The van der Waals surface area contributed by atoms with Gasteiger partial charge in [0.1, 0.15) is 0 Å². The first-order valence-electron chi connectivity index (χ1n) is 8.13. The Balaban J connectivity index is 2.46. The Labute approximate surface area is 138 Å². The highest BCUT2D eigenvalue weighted by molar-refractivity contribution is 5.78. The first-order chi connectivity index (χ1) is 10.8. The van der Waals surface area contributed by atoms with Crippen LogP contribution in [0.15, 0.2) is 0 Å². The summed E-state index contributed by atoms with van der Waals surface area (Å²) in [5, 5.41) is 9.99. The van der Waals surface area contributed by atoms with Crippen molar-refractivity contribution in [2.75, 3.05) is 19.6 Å². The van der Waals surface area contributed by atoms with Crippen LogP contribution in [0, 0.1) is 13.8 Å². The molecule has 7 nitrogen and oxygen atoms in total. The minimum absolute atomic E-state index is 0.0577. The molecule has 0 spiro atoms. The van der Waals surface area contributed by atoms with Crippen molar-refractivity contribution >= 4 is 11.9 Å². The minimum atomic E-state index is -0.271. The van der Waals surface area contributed by atoms with Gasteiger partial charge in [-0.1, -0.05) is 0 Å². The van der Waals surface area contributed by atoms with E-state index in [1.165, 1.54) is 0 Å². The molecule has 7 heteroatoms. The summed E-state index contributed by atoms with van der Waals surface area (Å²) in [7, 11) is 1.89. The standard InChI is InChI=1S/C16H29N5O2/c1-7-21(8-2)14(22)9-10-17-16(23)18-11(3)15-12(4)19-20(6)13(15)5/h11H,7-10H2,1-6H3,(H2,17,18,23)/t11-/m1/s1. The van der Waals surface area contributed by atoms with Crippen molar-refractivity contribution in [3.05, 3.63) is 17.0 Å². The van der Waals surface area contributed by atoms with Gasteiger partial charge in [-0.2, -0.15) is 5.10 Å². The van der Waals surface area contributed by atoms with Gasteiger partial charge in [-0.25, -0.2) is 4.79 Å². The number of nitrogens with one attached hydrogen (secondary N) is 2. The number of carbonyl (C=O) groups excluding carboxylic acids is 2. The number of carbonyl (C=O) groups is 2. The second-order valence-electron chi connectivity index (χ2n) is 5.65. The Morgan fingerprint density at radius 2 is 1.87 bits per heavy atom. The Bertz CT molecular complexity index is 549. The summed E-state index contributed by atoms with van der Waals surface area (Å²) < 4.78 is 1.81. The molecule has 1 heterocycles. The highest BCUT2D eigenvalue weighted by atomic mass is 16.2. The Morgan fingerprint density at radius 1 is 1.26 bits per heavy atom. The lowest BCUT2D eigenvalue weighted by Gasteiger charge is -2.19. The molecule has 0 unspecified atom stereocenters. The van der Waals surface area contributed by atoms with Crippen LogP contribution in [0.5, 0.6) is 0 Å². The summed E-state index contributed by atoms with van der Waals surface area (Å²) in [4.78, 5) is 25.6. The third-order valence-corrected chi connectivity index (χ3v) is 4.09. The number of hydrogen-bond acceptors (Lipinski definition) is 3. The Kier molecular flexibility index (Phi) is 7.06. The molecule has 0 aliphatic carbocycles. The molecule has 1 rings (SSSR count). The molecule has 23 heavy (non-hydrogen) atoms. The number of amides is 3. The summed E-state index contributed by atoms with van der Waals surface area (Å²) in [5.74, 6) is 0.0577. The number of aromatic nitrogens is 2. The van der Waals surface area contributed by atoms with Crippen LogP contribution < -0.4 is 10.6 Å². The van der Waals surface area contributed by atoms with Gasteiger partial charge >= 0.3 is 6.03 Å². The van der Waals surface area contributed by atoms with E-state index in [0.29, 0.717) is 26.1 Å². The van der Waals surface area contributed by atoms with Gasteiger partial charge in [0.2, 0.25) is 5.91 Å². The molecule has 0 saturated heterocycles. The molecule has 1 aromatic rings. The maximum absolute atomic E-state index is 12.0. The Morgan fingerprint density at radius 3 is 2.35 bits per heavy atom. The van der Waals surface area contributed by atoms with Gasteiger partial charge in [0.25, 0.3) is 0 Å². The van der Waals surface area contributed by atoms with Crippen molar-refractivity contribution in [2.24, 2.45) is 7.05 Å². The summed E-state index contributed by atoms with van der Waals surface area (Å²) in [5.41, 5.74) is 2.98. The molecule has 3 amide bonds. The lowest BCUT2D eigenvalue weighted by molar-refractivity contribution is -0.130. The normalized spacial score (nSPS) is 11.9. The molecule has 0 radical (unpaired) electrons. The first-order valence-corrected chi connectivity index (χ1v) is 8.13. The molecular formula is C16H29N5O2. The number of nitrogens with zero attached hydrogens (tertiary/aromatic N) is 3. The van der Waals surface area contributed by atoms with E-state index in [1.807, 2.05) is 46.3 Å². The molecule has 0 aliphatic rings. The fourth-order valence-electron chi connectivity index (χ4n) is 2.75. The molecule has 0 bridgehead atoms. The van der Waals surface area contributed by atoms with E-state index in [2.05, 4.69) is 15.7 Å². The predicted octanol–water partition coefficient (Wildman–Crippen LogP) is 1.66. The topological polar surface area (TPSA) is 79.3 Å². The Hall–Kier alpha value is -2.05. The lowest BCUT2D eigenvalue weighted by Crippen LogP contribution is -2.40. The molecule has 2 N–H and O–H groups in total. The van der Waals surface area contributed by atoms with Crippen molar-refractivity contribution in [3.63, 3.8) is 0 Å². The van der Waals surface area contributed by atoms with Crippen LogP contribution in [-0.4, -0.2) is 46.3 Å². The van der Waals surface area contributed by atoms with Crippen LogP contribution in [0.3, 0.4) is 0 Å². The second-order valence-corrected chi connectivity index (χ2v) is 5.65. The van der Waals surface area contributed by atoms with E-state index < -0.39 is 0 Å². The minimum Gasteiger partial charge on any atom is -0.343 e. The van der Waals surface area contributed by atoms with E-state index in [-0.39, 0.29) is 18.0 Å². The van der Waals surface area contributed by atoms with E-state index in [9.17, 15) is 9.59 Å². The SMILES string of the molecule is CCN(CC)C(=O)CCNC(=O)N[C@H](C)c1c(C)nn(C)c1C. The fraction of sp³-hybridized carbons (Fsp3) is 0.688. The highest BCUT2D eigenvalue weighted by Gasteiger charge is 2.18. The third-order valence-electron chi connectivity index (χ3n) is 4.09. The van der Waals surface area contributed by atoms with Gasteiger partial charge in [-0.05, 0) is 34.6 Å². The van der Waals surface area contributed by atoms with Crippen LogP contribution in [0.4, 0.5) is 4.79 Å². The third kappa shape index (κ3) is 4.97. The summed E-state index contributed by atoms with van der Waals surface area (Å²) in [6.45, 7) is 11.5. The zero-order chi connectivity index (χ0) is 17.6. The maximum atomic E-state index is 12.0. The summed E-state index contributed by atoms with van der Waals surface area (Å²) in [6.07, 6.45) is 0.314. The van der Waals surface area contributed by atoms with E-state index in [0.717, 1.165) is 17.0 Å². The van der Waals surface area contributed by atoms with Crippen LogP contribution in [-0.2, 0) is 11.8 Å². The zero-order valence-electron chi connectivity index (χ0n) is 15.1. The van der Waals surface area contributed by atoms with E-state index >= 15 is 0 Å². The van der Waals surface area contributed by atoms with Crippen molar-refractivity contribution < 1.29 is 9.59 Å². The second kappa shape index (κ2) is 8.55. The number of aryl methyl sites for hydroxylation is 2. The molecule has 0 fully saturated rings.